The predicted molar refractivity (Wildman–Crippen MR) is 61.2 cm³/mol. The van der Waals surface area contributed by atoms with E-state index in [-0.39, 0.29) is 12.5 Å². The van der Waals surface area contributed by atoms with Crippen LogP contribution < -0.4 is 15.8 Å². The van der Waals surface area contributed by atoms with Gasteiger partial charge >= 0.3 is 0 Å². The van der Waals surface area contributed by atoms with Gasteiger partial charge in [-0.05, 0) is 26.7 Å². The number of amides is 1. The van der Waals surface area contributed by atoms with Crippen molar-refractivity contribution in [3.05, 3.63) is 0 Å². The summed E-state index contributed by atoms with van der Waals surface area (Å²) in [6.07, 6.45) is 2.47. The number of carbonyl (C=O) groups excluding carboxylic acids is 1. The van der Waals surface area contributed by atoms with Crippen molar-refractivity contribution < 1.29 is 13.2 Å². The van der Waals surface area contributed by atoms with Crippen molar-refractivity contribution in [1.29, 1.82) is 0 Å². The van der Waals surface area contributed by atoms with E-state index in [0.29, 0.717) is 12.8 Å². The van der Waals surface area contributed by atoms with Crippen LogP contribution in [0.4, 0.5) is 0 Å². The third-order valence-electron chi connectivity index (χ3n) is 2.39. The second-order valence-electron chi connectivity index (χ2n) is 5.10. The molecule has 0 aromatic rings. The first-order chi connectivity index (χ1) is 7.04. The zero-order chi connectivity index (χ0) is 12.6. The molecular weight excluding hydrogens is 230 g/mol. The predicted octanol–water partition coefficient (Wildman–Crippen LogP) is -1.08. The minimum Gasteiger partial charge on any atom is -0.353 e. The summed E-state index contributed by atoms with van der Waals surface area (Å²) in [6, 6.07) is 0. The summed E-state index contributed by atoms with van der Waals surface area (Å²) in [4.78, 5) is 11.5. The van der Waals surface area contributed by atoms with Gasteiger partial charge in [-0.25, -0.2) is 13.1 Å². The summed E-state index contributed by atoms with van der Waals surface area (Å²) in [6.45, 7) is 3.62. The highest BCUT2D eigenvalue weighted by Gasteiger charge is 2.46. The van der Waals surface area contributed by atoms with Crippen LogP contribution in [0.2, 0.25) is 0 Å². The Labute approximate surface area is 96.0 Å². The molecule has 0 atom stereocenters. The molecule has 0 unspecified atom stereocenters. The van der Waals surface area contributed by atoms with Crippen molar-refractivity contribution in [2.24, 2.45) is 5.73 Å². The van der Waals surface area contributed by atoms with Gasteiger partial charge < -0.3 is 11.1 Å². The van der Waals surface area contributed by atoms with Crippen LogP contribution in [0, 0.1) is 0 Å². The maximum Gasteiger partial charge on any atom is 0.240 e. The molecule has 16 heavy (non-hydrogen) atoms. The van der Waals surface area contributed by atoms with E-state index in [9.17, 15) is 13.2 Å². The molecule has 6 nitrogen and oxygen atoms in total. The van der Waals surface area contributed by atoms with Crippen LogP contribution in [0.5, 0.6) is 0 Å². The van der Waals surface area contributed by atoms with Crippen molar-refractivity contribution in [3.63, 3.8) is 0 Å². The van der Waals surface area contributed by atoms with Crippen LogP contribution in [-0.4, -0.2) is 38.2 Å². The van der Waals surface area contributed by atoms with E-state index >= 15 is 0 Å². The van der Waals surface area contributed by atoms with Crippen LogP contribution in [0.1, 0.15) is 26.7 Å². The molecule has 0 saturated heterocycles. The lowest BCUT2D eigenvalue weighted by Crippen LogP contribution is -2.54. The molecule has 1 saturated carbocycles. The van der Waals surface area contributed by atoms with Gasteiger partial charge in [0.05, 0.1) is 11.8 Å². The number of nitrogens with one attached hydrogen (secondary N) is 2. The van der Waals surface area contributed by atoms with Crippen molar-refractivity contribution >= 4 is 15.9 Å². The minimum atomic E-state index is -3.28. The fourth-order valence-corrected chi connectivity index (χ4v) is 2.45. The molecule has 0 radical (unpaired) electrons. The molecular formula is C9H19N3O3S. The number of rotatable bonds is 5. The van der Waals surface area contributed by atoms with E-state index in [1.54, 1.807) is 13.8 Å². The molecule has 94 valence electrons. The molecule has 0 aliphatic heterocycles. The average molecular weight is 249 g/mol. The van der Waals surface area contributed by atoms with E-state index in [0.717, 1.165) is 6.26 Å². The maximum atomic E-state index is 11.5. The van der Waals surface area contributed by atoms with Crippen LogP contribution >= 0.6 is 0 Å². The smallest absolute Gasteiger partial charge is 0.240 e. The fraction of sp³-hybridized carbons (Fsp3) is 0.889. The number of sulfonamides is 1. The number of nitrogens with two attached hydrogens (primary N) is 1. The highest BCUT2D eigenvalue weighted by Crippen LogP contribution is 2.32. The van der Waals surface area contributed by atoms with E-state index < -0.39 is 21.1 Å². The van der Waals surface area contributed by atoms with Gasteiger partial charge in [0.2, 0.25) is 15.9 Å². The van der Waals surface area contributed by atoms with Crippen LogP contribution in [0.3, 0.4) is 0 Å². The molecule has 0 heterocycles. The third kappa shape index (κ3) is 4.07. The minimum absolute atomic E-state index is 0.212. The molecule has 1 fully saturated rings. The topological polar surface area (TPSA) is 101 Å². The van der Waals surface area contributed by atoms with E-state index in [4.69, 9.17) is 5.73 Å². The maximum absolute atomic E-state index is 11.5. The van der Waals surface area contributed by atoms with Crippen molar-refractivity contribution in [3.8, 4) is 0 Å². The molecule has 4 N–H and O–H groups in total. The third-order valence-corrected chi connectivity index (χ3v) is 3.32. The lowest BCUT2D eigenvalue weighted by atomic mass is 10.1. The van der Waals surface area contributed by atoms with Gasteiger partial charge in [0.1, 0.15) is 0 Å². The fourth-order valence-electron chi connectivity index (χ4n) is 1.38. The molecule has 0 spiro atoms. The lowest BCUT2D eigenvalue weighted by molar-refractivity contribution is -0.123. The summed E-state index contributed by atoms with van der Waals surface area (Å²) in [5.41, 5.74) is 4.26. The Balaban J connectivity index is 2.45. The van der Waals surface area contributed by atoms with E-state index in [1.165, 1.54) is 0 Å². The number of hydrogen-bond acceptors (Lipinski definition) is 4. The molecule has 1 aliphatic rings. The summed E-state index contributed by atoms with van der Waals surface area (Å²) in [5.74, 6) is -0.212. The monoisotopic (exact) mass is 249 g/mol. The first-order valence-electron chi connectivity index (χ1n) is 5.10. The van der Waals surface area contributed by atoms with Crippen molar-refractivity contribution in [2.45, 2.75) is 37.8 Å². The summed E-state index contributed by atoms with van der Waals surface area (Å²) in [5, 5.41) is 2.66. The number of carbonyl (C=O) groups is 1. The van der Waals surface area contributed by atoms with E-state index in [2.05, 4.69) is 10.0 Å². The zero-order valence-corrected chi connectivity index (χ0v) is 10.6. The summed E-state index contributed by atoms with van der Waals surface area (Å²) < 4.78 is 24.5. The second-order valence-corrected chi connectivity index (χ2v) is 6.85. The van der Waals surface area contributed by atoms with Crippen LogP contribution in [-0.2, 0) is 14.8 Å². The molecule has 1 aliphatic carbocycles. The summed E-state index contributed by atoms with van der Waals surface area (Å²) in [7, 11) is -3.28. The highest BCUT2D eigenvalue weighted by molar-refractivity contribution is 7.88. The highest BCUT2D eigenvalue weighted by atomic mass is 32.2. The van der Waals surface area contributed by atoms with Gasteiger partial charge in [-0.15, -0.1) is 0 Å². The van der Waals surface area contributed by atoms with Crippen molar-refractivity contribution in [2.75, 3.05) is 12.8 Å². The summed E-state index contributed by atoms with van der Waals surface area (Å²) >= 11 is 0. The van der Waals surface area contributed by atoms with Gasteiger partial charge in [-0.3, -0.25) is 4.79 Å². The Morgan fingerprint density at radius 2 is 1.94 bits per heavy atom. The Morgan fingerprint density at radius 3 is 2.31 bits per heavy atom. The SMILES string of the molecule is CC(C)(CNC(=O)C1(N)CC1)NS(C)(=O)=O. The molecule has 7 heteroatoms. The van der Waals surface area contributed by atoms with Crippen LogP contribution in [0.25, 0.3) is 0 Å². The molecule has 0 aromatic heterocycles. The van der Waals surface area contributed by atoms with Gasteiger partial charge in [-0.2, -0.15) is 0 Å². The van der Waals surface area contributed by atoms with Gasteiger partial charge in [0.25, 0.3) is 0 Å². The molecule has 0 bridgehead atoms. The van der Waals surface area contributed by atoms with Crippen molar-refractivity contribution in [1.82, 2.24) is 10.0 Å². The Bertz CT molecular complexity index is 385. The first-order valence-corrected chi connectivity index (χ1v) is 6.99. The van der Waals surface area contributed by atoms with Gasteiger partial charge in [0.15, 0.2) is 0 Å². The normalized spacial score (nSPS) is 19.2. The van der Waals surface area contributed by atoms with Crippen LogP contribution in [0.15, 0.2) is 0 Å². The second kappa shape index (κ2) is 3.97. The molecule has 1 rings (SSSR count). The number of hydrogen-bond donors (Lipinski definition) is 3. The lowest BCUT2D eigenvalue weighted by Gasteiger charge is -2.26. The molecule has 1 amide bonds. The standard InChI is InChI=1S/C9H19N3O3S/c1-8(2,12-16(3,14)15)6-11-7(13)9(10)4-5-9/h12H,4-6,10H2,1-3H3,(H,11,13). The Kier molecular flexibility index (Phi) is 3.33. The van der Waals surface area contributed by atoms with Gasteiger partial charge in [-0.1, -0.05) is 0 Å². The quantitative estimate of drug-likeness (QED) is 0.577. The average Bonchev–Trinajstić information content (AvgIpc) is 2.76. The first kappa shape index (κ1) is 13.4. The Hall–Kier alpha value is -0.660. The van der Waals surface area contributed by atoms with E-state index in [1.807, 2.05) is 0 Å². The zero-order valence-electron chi connectivity index (χ0n) is 9.83. The largest absolute Gasteiger partial charge is 0.353 e. The van der Waals surface area contributed by atoms with Gasteiger partial charge in [0, 0.05) is 12.1 Å². The Morgan fingerprint density at radius 1 is 1.44 bits per heavy atom. The molecule has 0 aromatic carbocycles.